The van der Waals surface area contributed by atoms with Gasteiger partial charge in [-0.3, -0.25) is 4.21 Å². The van der Waals surface area contributed by atoms with E-state index in [1.807, 2.05) is 49.4 Å². The number of hydrogen-bond donors (Lipinski definition) is 1. The monoisotopic (exact) mass is 323 g/mol. The Morgan fingerprint density at radius 3 is 2.67 bits per heavy atom. The van der Waals surface area contributed by atoms with E-state index in [-0.39, 0.29) is 0 Å². The minimum absolute atomic E-state index is 0.493. The standard InChI is InChI=1S/C14H14BrNOS/c1-10-11(4-2-7-14(10)16)9-18(17)13-6-3-5-12(15)8-13/h2-8H,9,16H2,1H3. The second kappa shape index (κ2) is 5.67. The summed E-state index contributed by atoms with van der Waals surface area (Å²) in [5, 5.41) is 0. The molecule has 2 nitrogen and oxygen atoms in total. The van der Waals surface area contributed by atoms with Gasteiger partial charge >= 0.3 is 0 Å². The van der Waals surface area contributed by atoms with E-state index in [2.05, 4.69) is 15.9 Å². The Balaban J connectivity index is 2.24. The topological polar surface area (TPSA) is 43.1 Å². The molecule has 18 heavy (non-hydrogen) atoms. The van der Waals surface area contributed by atoms with Crippen LogP contribution in [0.2, 0.25) is 0 Å². The van der Waals surface area contributed by atoms with Gasteiger partial charge in [0.1, 0.15) is 0 Å². The van der Waals surface area contributed by atoms with Gasteiger partial charge in [0.2, 0.25) is 0 Å². The minimum Gasteiger partial charge on any atom is -0.399 e. The molecule has 0 saturated carbocycles. The molecule has 0 saturated heterocycles. The van der Waals surface area contributed by atoms with Crippen molar-refractivity contribution in [1.82, 2.24) is 0 Å². The summed E-state index contributed by atoms with van der Waals surface area (Å²) in [5.41, 5.74) is 8.65. The predicted octanol–water partition coefficient (Wildman–Crippen LogP) is 3.65. The Labute approximate surface area is 118 Å². The van der Waals surface area contributed by atoms with Crippen LogP contribution in [0.15, 0.2) is 51.8 Å². The Morgan fingerprint density at radius 1 is 1.22 bits per heavy atom. The number of halogens is 1. The maximum atomic E-state index is 12.3. The van der Waals surface area contributed by atoms with Crippen LogP contribution in [0.4, 0.5) is 5.69 Å². The number of nitrogens with two attached hydrogens (primary N) is 1. The fourth-order valence-corrected chi connectivity index (χ4v) is 3.49. The molecule has 2 aromatic carbocycles. The summed E-state index contributed by atoms with van der Waals surface area (Å²) in [5.74, 6) is 0.493. The molecule has 0 bridgehead atoms. The van der Waals surface area contributed by atoms with E-state index >= 15 is 0 Å². The van der Waals surface area contributed by atoms with E-state index in [0.717, 1.165) is 26.2 Å². The van der Waals surface area contributed by atoms with Crippen molar-refractivity contribution in [2.75, 3.05) is 5.73 Å². The van der Waals surface area contributed by atoms with Crippen LogP contribution in [0.5, 0.6) is 0 Å². The summed E-state index contributed by atoms with van der Waals surface area (Å²) in [7, 11) is -1.05. The number of nitrogen functional groups attached to an aromatic ring is 1. The molecule has 0 heterocycles. The second-order valence-electron chi connectivity index (χ2n) is 4.08. The molecule has 94 valence electrons. The van der Waals surface area contributed by atoms with Gasteiger partial charge in [0.15, 0.2) is 0 Å². The highest BCUT2D eigenvalue weighted by molar-refractivity contribution is 9.10. The number of benzene rings is 2. The summed E-state index contributed by atoms with van der Waals surface area (Å²) in [4.78, 5) is 0.825. The molecule has 0 aliphatic heterocycles. The van der Waals surface area contributed by atoms with E-state index in [4.69, 9.17) is 5.73 Å². The predicted molar refractivity (Wildman–Crippen MR) is 79.8 cm³/mol. The van der Waals surface area contributed by atoms with E-state index in [0.29, 0.717) is 5.75 Å². The van der Waals surface area contributed by atoms with Crippen LogP contribution in [-0.4, -0.2) is 4.21 Å². The summed E-state index contributed by atoms with van der Waals surface area (Å²) in [6, 6.07) is 13.3. The van der Waals surface area contributed by atoms with Gasteiger partial charge in [-0.1, -0.05) is 34.1 Å². The zero-order valence-electron chi connectivity index (χ0n) is 10.0. The molecule has 2 rings (SSSR count). The molecule has 0 aliphatic carbocycles. The van der Waals surface area contributed by atoms with Crippen LogP contribution < -0.4 is 5.73 Å². The van der Waals surface area contributed by atoms with E-state index in [1.165, 1.54) is 0 Å². The van der Waals surface area contributed by atoms with Crippen LogP contribution in [-0.2, 0) is 16.6 Å². The van der Waals surface area contributed by atoms with Gasteiger partial charge in [-0.25, -0.2) is 0 Å². The van der Waals surface area contributed by atoms with Crippen molar-refractivity contribution in [3.05, 3.63) is 58.1 Å². The van der Waals surface area contributed by atoms with Gasteiger partial charge in [0.25, 0.3) is 0 Å². The third kappa shape index (κ3) is 3.00. The molecule has 0 aromatic heterocycles. The maximum Gasteiger partial charge on any atom is 0.0574 e. The van der Waals surface area contributed by atoms with Crippen LogP contribution >= 0.6 is 15.9 Å². The van der Waals surface area contributed by atoms with E-state index < -0.39 is 10.8 Å². The van der Waals surface area contributed by atoms with Crippen molar-refractivity contribution >= 4 is 32.4 Å². The summed E-state index contributed by atoms with van der Waals surface area (Å²) in [6.07, 6.45) is 0. The molecule has 0 spiro atoms. The van der Waals surface area contributed by atoms with Crippen LogP contribution in [0.3, 0.4) is 0 Å². The van der Waals surface area contributed by atoms with E-state index in [1.54, 1.807) is 0 Å². The first-order valence-corrected chi connectivity index (χ1v) is 7.67. The second-order valence-corrected chi connectivity index (χ2v) is 6.45. The fourth-order valence-electron chi connectivity index (χ4n) is 1.69. The zero-order chi connectivity index (χ0) is 13.1. The first kappa shape index (κ1) is 13.3. The van der Waals surface area contributed by atoms with Gasteiger partial charge in [0.05, 0.1) is 16.6 Å². The molecule has 0 amide bonds. The lowest BCUT2D eigenvalue weighted by Crippen LogP contribution is -2.00. The van der Waals surface area contributed by atoms with Gasteiger partial charge in [-0.15, -0.1) is 0 Å². The highest BCUT2D eigenvalue weighted by atomic mass is 79.9. The molecule has 2 N–H and O–H groups in total. The molecule has 0 radical (unpaired) electrons. The van der Waals surface area contributed by atoms with Crippen LogP contribution in [0.25, 0.3) is 0 Å². The SMILES string of the molecule is Cc1c(N)cccc1CS(=O)c1cccc(Br)c1. The Bertz CT molecular complexity index is 598. The van der Waals surface area contributed by atoms with Gasteiger partial charge in [0, 0.05) is 15.1 Å². The number of hydrogen-bond acceptors (Lipinski definition) is 2. The first-order chi connectivity index (χ1) is 8.58. The summed E-state index contributed by atoms with van der Waals surface area (Å²) >= 11 is 3.39. The minimum atomic E-state index is -1.05. The van der Waals surface area contributed by atoms with Crippen molar-refractivity contribution in [1.29, 1.82) is 0 Å². The lowest BCUT2D eigenvalue weighted by atomic mass is 10.1. The molecule has 2 aromatic rings. The summed E-state index contributed by atoms with van der Waals surface area (Å²) in [6.45, 7) is 1.96. The highest BCUT2D eigenvalue weighted by Gasteiger charge is 2.08. The molecule has 0 aliphatic rings. The van der Waals surface area contributed by atoms with Crippen molar-refractivity contribution in [2.45, 2.75) is 17.6 Å². The van der Waals surface area contributed by atoms with Gasteiger partial charge in [-0.05, 0) is 42.3 Å². The quantitative estimate of drug-likeness (QED) is 0.876. The Kier molecular flexibility index (Phi) is 4.19. The molecule has 1 atom stereocenters. The molecular weight excluding hydrogens is 310 g/mol. The van der Waals surface area contributed by atoms with Crippen LogP contribution in [0.1, 0.15) is 11.1 Å². The van der Waals surface area contributed by atoms with Crippen molar-refractivity contribution in [3.63, 3.8) is 0 Å². The first-order valence-electron chi connectivity index (χ1n) is 5.56. The number of anilines is 1. The lowest BCUT2D eigenvalue weighted by molar-refractivity contribution is 0.682. The van der Waals surface area contributed by atoms with E-state index in [9.17, 15) is 4.21 Å². The highest BCUT2D eigenvalue weighted by Crippen LogP contribution is 2.21. The van der Waals surface area contributed by atoms with Gasteiger partial charge in [-0.2, -0.15) is 0 Å². The molecule has 1 unspecified atom stereocenters. The molecular formula is C14H14BrNOS. The average molecular weight is 324 g/mol. The smallest absolute Gasteiger partial charge is 0.0574 e. The largest absolute Gasteiger partial charge is 0.399 e. The number of rotatable bonds is 3. The molecule has 0 fully saturated rings. The normalized spacial score (nSPS) is 12.3. The van der Waals surface area contributed by atoms with Crippen molar-refractivity contribution in [3.8, 4) is 0 Å². The van der Waals surface area contributed by atoms with Crippen molar-refractivity contribution in [2.24, 2.45) is 0 Å². The Hall–Kier alpha value is -1.13. The van der Waals surface area contributed by atoms with Crippen molar-refractivity contribution < 1.29 is 4.21 Å². The zero-order valence-corrected chi connectivity index (χ0v) is 12.4. The van der Waals surface area contributed by atoms with Crippen LogP contribution in [0, 0.1) is 6.92 Å². The lowest BCUT2D eigenvalue weighted by Gasteiger charge is -2.08. The summed E-state index contributed by atoms with van der Waals surface area (Å²) < 4.78 is 13.2. The third-order valence-corrected chi connectivity index (χ3v) is 4.68. The van der Waals surface area contributed by atoms with Gasteiger partial charge < -0.3 is 5.73 Å². The Morgan fingerprint density at radius 2 is 1.94 bits per heavy atom. The average Bonchev–Trinajstić information content (AvgIpc) is 2.35. The third-order valence-electron chi connectivity index (χ3n) is 2.83. The maximum absolute atomic E-state index is 12.3. The fraction of sp³-hybridized carbons (Fsp3) is 0.143. The molecule has 4 heteroatoms.